The van der Waals surface area contributed by atoms with Crippen LogP contribution >= 0.6 is 0 Å². The first-order chi connectivity index (χ1) is 8.61. The van der Waals surface area contributed by atoms with E-state index in [4.69, 9.17) is 15.6 Å². The maximum atomic E-state index is 10.9. The first-order valence-corrected chi connectivity index (χ1v) is 6.03. The van der Waals surface area contributed by atoms with Gasteiger partial charge in [-0.05, 0) is 42.5 Å². The van der Waals surface area contributed by atoms with Crippen molar-refractivity contribution in [3.8, 4) is 5.75 Å². The highest BCUT2D eigenvalue weighted by Gasteiger charge is 2.25. The molecule has 0 atom stereocenters. The predicted molar refractivity (Wildman–Crippen MR) is 69.0 cm³/mol. The summed E-state index contributed by atoms with van der Waals surface area (Å²) < 4.78 is 5.34. The topological polar surface area (TPSA) is 75.8 Å². The maximum Gasteiger partial charge on any atom is 0.407 e. The molecule has 1 aromatic rings. The molecule has 1 heterocycles. The summed E-state index contributed by atoms with van der Waals surface area (Å²) in [4.78, 5) is 12.3. The summed E-state index contributed by atoms with van der Waals surface area (Å²) in [6, 6.07) is 5.61. The summed E-state index contributed by atoms with van der Waals surface area (Å²) in [5.74, 6) is 1.15. The van der Waals surface area contributed by atoms with Crippen molar-refractivity contribution in [3.63, 3.8) is 0 Å². The molecule has 1 aromatic carbocycles. The summed E-state index contributed by atoms with van der Waals surface area (Å²) in [6.07, 6.45) is 0.783. The zero-order chi connectivity index (χ0) is 13.1. The maximum absolute atomic E-state index is 10.9. The van der Waals surface area contributed by atoms with Crippen LogP contribution in [0, 0.1) is 0 Å². The fraction of sp³-hybridized carbons (Fsp3) is 0.462. The van der Waals surface area contributed by atoms with Gasteiger partial charge >= 0.3 is 6.09 Å². The molecule has 98 valence electrons. The highest BCUT2D eigenvalue weighted by Crippen LogP contribution is 2.35. The molecule has 0 saturated carbocycles. The van der Waals surface area contributed by atoms with E-state index in [1.165, 1.54) is 4.90 Å². The van der Waals surface area contributed by atoms with Crippen LogP contribution in [0.4, 0.5) is 10.5 Å². The minimum Gasteiger partial charge on any atom is -0.496 e. The number of carbonyl (C=O) groups is 1. The third kappa shape index (κ3) is 2.50. The number of carboxylic acid groups (broad SMARTS) is 1. The molecule has 0 unspecified atom stereocenters. The Kier molecular flexibility index (Phi) is 3.60. The molecular formula is C13H18N2O3. The molecule has 0 spiro atoms. The predicted octanol–water partition coefficient (Wildman–Crippen LogP) is 2.13. The van der Waals surface area contributed by atoms with Crippen LogP contribution in [-0.2, 0) is 0 Å². The van der Waals surface area contributed by atoms with E-state index in [9.17, 15) is 4.79 Å². The molecule has 1 amide bonds. The Morgan fingerprint density at radius 1 is 1.44 bits per heavy atom. The van der Waals surface area contributed by atoms with Crippen molar-refractivity contribution in [1.82, 2.24) is 4.90 Å². The number of nitrogens with two attached hydrogens (primary N) is 1. The summed E-state index contributed by atoms with van der Waals surface area (Å²) >= 11 is 0. The van der Waals surface area contributed by atoms with Crippen LogP contribution in [0.15, 0.2) is 18.2 Å². The van der Waals surface area contributed by atoms with Gasteiger partial charge in [0.05, 0.1) is 7.11 Å². The van der Waals surface area contributed by atoms with Crippen molar-refractivity contribution in [2.24, 2.45) is 0 Å². The number of ether oxygens (including phenoxy) is 1. The molecular weight excluding hydrogens is 232 g/mol. The number of likely N-dealkylation sites (tertiary alicyclic amines) is 1. The van der Waals surface area contributed by atoms with Gasteiger partial charge in [0.2, 0.25) is 0 Å². The van der Waals surface area contributed by atoms with Gasteiger partial charge < -0.3 is 20.5 Å². The van der Waals surface area contributed by atoms with E-state index in [1.807, 2.05) is 18.2 Å². The van der Waals surface area contributed by atoms with Gasteiger partial charge in [-0.25, -0.2) is 4.79 Å². The lowest BCUT2D eigenvalue weighted by molar-refractivity contribution is 0.132. The second-order valence-electron chi connectivity index (χ2n) is 4.55. The lowest BCUT2D eigenvalue weighted by Crippen LogP contribution is -2.36. The van der Waals surface area contributed by atoms with Crippen LogP contribution in [0.2, 0.25) is 0 Å². The largest absolute Gasteiger partial charge is 0.496 e. The number of amides is 1. The zero-order valence-electron chi connectivity index (χ0n) is 10.4. The first-order valence-electron chi connectivity index (χ1n) is 6.03. The number of anilines is 1. The molecule has 5 heteroatoms. The van der Waals surface area contributed by atoms with E-state index in [-0.39, 0.29) is 0 Å². The van der Waals surface area contributed by atoms with E-state index in [2.05, 4.69) is 0 Å². The number of methoxy groups -OCH3 is 1. The Morgan fingerprint density at radius 3 is 2.67 bits per heavy atom. The molecule has 0 radical (unpaired) electrons. The smallest absolute Gasteiger partial charge is 0.407 e. The second-order valence-corrected chi connectivity index (χ2v) is 4.55. The third-order valence-corrected chi connectivity index (χ3v) is 3.46. The van der Waals surface area contributed by atoms with E-state index >= 15 is 0 Å². The SMILES string of the molecule is COc1ccc(N)cc1C1CCN(C(=O)O)CC1. The van der Waals surface area contributed by atoms with Crippen molar-refractivity contribution in [1.29, 1.82) is 0 Å². The number of nitrogens with zero attached hydrogens (tertiary/aromatic N) is 1. The Hall–Kier alpha value is -1.91. The van der Waals surface area contributed by atoms with Crippen molar-refractivity contribution < 1.29 is 14.6 Å². The number of hydrogen-bond acceptors (Lipinski definition) is 3. The number of hydrogen-bond donors (Lipinski definition) is 2. The van der Waals surface area contributed by atoms with Gasteiger partial charge in [0.25, 0.3) is 0 Å². The lowest BCUT2D eigenvalue weighted by Gasteiger charge is -2.31. The van der Waals surface area contributed by atoms with Gasteiger partial charge in [-0.2, -0.15) is 0 Å². The lowest BCUT2D eigenvalue weighted by atomic mass is 9.88. The highest BCUT2D eigenvalue weighted by atomic mass is 16.5. The molecule has 1 aliphatic heterocycles. The van der Waals surface area contributed by atoms with Crippen LogP contribution in [-0.4, -0.2) is 36.3 Å². The average Bonchev–Trinajstić information content (AvgIpc) is 2.39. The van der Waals surface area contributed by atoms with Gasteiger partial charge in [0.1, 0.15) is 5.75 Å². The van der Waals surface area contributed by atoms with Crippen LogP contribution in [0.25, 0.3) is 0 Å². The van der Waals surface area contributed by atoms with Crippen molar-refractivity contribution in [3.05, 3.63) is 23.8 Å². The van der Waals surface area contributed by atoms with Gasteiger partial charge in [0, 0.05) is 18.8 Å². The first kappa shape index (κ1) is 12.5. The summed E-state index contributed by atoms with van der Waals surface area (Å²) in [7, 11) is 1.64. The quantitative estimate of drug-likeness (QED) is 0.788. The fourth-order valence-corrected chi connectivity index (χ4v) is 2.45. The third-order valence-electron chi connectivity index (χ3n) is 3.46. The van der Waals surface area contributed by atoms with Gasteiger partial charge in [-0.3, -0.25) is 0 Å². The minimum absolute atomic E-state index is 0.319. The van der Waals surface area contributed by atoms with Gasteiger partial charge in [0.15, 0.2) is 0 Å². The Labute approximate surface area is 106 Å². The molecule has 0 aliphatic carbocycles. The Bertz CT molecular complexity index is 440. The number of nitrogen functional groups attached to an aromatic ring is 1. The summed E-state index contributed by atoms with van der Waals surface area (Å²) in [5, 5.41) is 8.92. The molecule has 0 bridgehead atoms. The minimum atomic E-state index is -0.840. The Morgan fingerprint density at radius 2 is 2.11 bits per heavy atom. The molecule has 1 fully saturated rings. The van der Waals surface area contributed by atoms with Crippen LogP contribution in [0.3, 0.4) is 0 Å². The van der Waals surface area contributed by atoms with Gasteiger partial charge in [-0.15, -0.1) is 0 Å². The molecule has 5 nitrogen and oxygen atoms in total. The van der Waals surface area contributed by atoms with E-state index in [0.717, 1.165) is 24.2 Å². The van der Waals surface area contributed by atoms with E-state index < -0.39 is 6.09 Å². The molecule has 18 heavy (non-hydrogen) atoms. The van der Waals surface area contributed by atoms with Crippen molar-refractivity contribution in [2.75, 3.05) is 25.9 Å². The summed E-state index contributed by atoms with van der Waals surface area (Å²) in [5.41, 5.74) is 7.60. The zero-order valence-corrected chi connectivity index (χ0v) is 10.4. The van der Waals surface area contributed by atoms with Crippen LogP contribution in [0.1, 0.15) is 24.3 Å². The number of benzene rings is 1. The van der Waals surface area contributed by atoms with Gasteiger partial charge in [-0.1, -0.05) is 0 Å². The van der Waals surface area contributed by atoms with E-state index in [0.29, 0.717) is 24.7 Å². The highest BCUT2D eigenvalue weighted by molar-refractivity contribution is 5.65. The molecule has 1 saturated heterocycles. The second kappa shape index (κ2) is 5.16. The summed E-state index contributed by atoms with van der Waals surface area (Å²) in [6.45, 7) is 1.13. The molecule has 2 rings (SSSR count). The number of rotatable bonds is 2. The van der Waals surface area contributed by atoms with E-state index in [1.54, 1.807) is 7.11 Å². The number of piperidine rings is 1. The molecule has 1 aliphatic rings. The fourth-order valence-electron chi connectivity index (χ4n) is 2.45. The standard InChI is InChI=1S/C13H18N2O3/c1-18-12-3-2-10(14)8-11(12)9-4-6-15(7-5-9)13(16)17/h2-3,8-9H,4-7,14H2,1H3,(H,16,17). The van der Waals surface area contributed by atoms with Crippen LogP contribution < -0.4 is 10.5 Å². The van der Waals surface area contributed by atoms with Crippen molar-refractivity contribution in [2.45, 2.75) is 18.8 Å². The Balaban J connectivity index is 2.14. The normalized spacial score (nSPS) is 16.6. The average molecular weight is 250 g/mol. The molecule has 0 aromatic heterocycles. The molecule has 3 N–H and O–H groups in total. The van der Waals surface area contributed by atoms with Crippen molar-refractivity contribution >= 4 is 11.8 Å². The monoisotopic (exact) mass is 250 g/mol. The van der Waals surface area contributed by atoms with Crippen LogP contribution in [0.5, 0.6) is 5.75 Å².